The number of methoxy groups -OCH3 is 1. The third-order valence-electron chi connectivity index (χ3n) is 5.93. The summed E-state index contributed by atoms with van der Waals surface area (Å²) < 4.78 is 16.9. The Morgan fingerprint density at radius 1 is 1.19 bits per heavy atom. The zero-order valence-corrected chi connectivity index (χ0v) is 21.2. The molecular weight excluding hydrogens is 500 g/mol. The van der Waals surface area contributed by atoms with Gasteiger partial charge in [0, 0.05) is 11.6 Å². The largest absolute Gasteiger partial charge is 0.493 e. The van der Waals surface area contributed by atoms with Gasteiger partial charge in [0.1, 0.15) is 0 Å². The Morgan fingerprint density at radius 2 is 2.06 bits per heavy atom. The van der Waals surface area contributed by atoms with Crippen molar-refractivity contribution in [3.63, 3.8) is 0 Å². The first-order valence-corrected chi connectivity index (χ1v) is 12.8. The Morgan fingerprint density at radius 3 is 2.86 bits per heavy atom. The number of nitrogens with zero attached hydrogens (tertiary/aromatic N) is 3. The van der Waals surface area contributed by atoms with Crippen LogP contribution in [0.3, 0.4) is 0 Å². The predicted octanol–water partition coefficient (Wildman–Crippen LogP) is 6.10. The van der Waals surface area contributed by atoms with E-state index in [2.05, 4.69) is 20.4 Å². The van der Waals surface area contributed by atoms with Crippen LogP contribution in [0, 0.1) is 5.92 Å². The summed E-state index contributed by atoms with van der Waals surface area (Å²) in [6, 6.07) is 16.4. The van der Waals surface area contributed by atoms with Gasteiger partial charge in [-0.3, -0.25) is 9.69 Å². The number of nitrogens with one attached hydrogen (secondary N) is 1. The van der Waals surface area contributed by atoms with Crippen molar-refractivity contribution in [3.8, 4) is 28.0 Å². The van der Waals surface area contributed by atoms with Crippen molar-refractivity contribution in [1.29, 1.82) is 0 Å². The molecule has 8 nitrogen and oxygen atoms in total. The van der Waals surface area contributed by atoms with E-state index < -0.39 is 0 Å². The number of ether oxygens (including phenoxy) is 2. The fraction of sp³-hybridized carbons (Fsp3) is 0.269. The van der Waals surface area contributed by atoms with Gasteiger partial charge < -0.3 is 19.3 Å². The van der Waals surface area contributed by atoms with Crippen molar-refractivity contribution in [1.82, 2.24) is 15.0 Å². The van der Waals surface area contributed by atoms with Crippen LogP contribution in [0.4, 0.5) is 5.69 Å². The lowest BCUT2D eigenvalue weighted by molar-refractivity contribution is -0.121. The van der Waals surface area contributed by atoms with E-state index in [-0.39, 0.29) is 11.8 Å². The number of anilines is 1. The summed E-state index contributed by atoms with van der Waals surface area (Å²) in [5.41, 5.74) is 0.507. The molecule has 1 saturated heterocycles. The second-order valence-corrected chi connectivity index (χ2v) is 9.83. The number of amides is 1. The Hall–Kier alpha value is -3.40. The fourth-order valence-electron chi connectivity index (χ4n) is 4.17. The van der Waals surface area contributed by atoms with E-state index in [9.17, 15) is 4.79 Å². The molecule has 1 fully saturated rings. The summed E-state index contributed by atoms with van der Waals surface area (Å²) >= 11 is 7.80. The Balaban J connectivity index is 1.25. The molecule has 1 aliphatic rings. The summed E-state index contributed by atoms with van der Waals surface area (Å²) in [6.07, 6.45) is 1.68. The molecule has 0 aliphatic carbocycles. The highest BCUT2D eigenvalue weighted by molar-refractivity contribution is 7.13. The van der Waals surface area contributed by atoms with Crippen molar-refractivity contribution in [2.45, 2.75) is 19.4 Å². The number of rotatable bonds is 8. The molecule has 1 aliphatic heterocycles. The lowest BCUT2D eigenvalue weighted by atomic mass is 9.97. The lowest BCUT2D eigenvalue weighted by Gasteiger charge is -2.31. The highest BCUT2D eigenvalue weighted by atomic mass is 35.5. The van der Waals surface area contributed by atoms with Gasteiger partial charge >= 0.3 is 0 Å². The number of carbonyl (C=O) groups excluding carboxylic acids is 1. The average Bonchev–Trinajstić information content (AvgIpc) is 3.58. The third-order valence-corrected chi connectivity index (χ3v) is 7.03. The van der Waals surface area contributed by atoms with E-state index in [1.165, 1.54) is 0 Å². The van der Waals surface area contributed by atoms with Gasteiger partial charge in [0.15, 0.2) is 17.2 Å². The molecule has 1 amide bonds. The molecule has 2 aromatic heterocycles. The normalized spacial score (nSPS) is 16.0. The van der Waals surface area contributed by atoms with Gasteiger partial charge in [0.2, 0.25) is 17.6 Å². The van der Waals surface area contributed by atoms with Gasteiger partial charge in [-0.25, -0.2) is 0 Å². The highest BCUT2D eigenvalue weighted by Crippen LogP contribution is 2.36. The van der Waals surface area contributed by atoms with E-state index in [4.69, 9.17) is 25.6 Å². The van der Waals surface area contributed by atoms with Crippen LogP contribution in [0.5, 0.6) is 17.2 Å². The zero-order valence-electron chi connectivity index (χ0n) is 19.6. The van der Waals surface area contributed by atoms with Gasteiger partial charge in [-0.05, 0) is 61.2 Å². The number of halogens is 1. The van der Waals surface area contributed by atoms with E-state index in [1.54, 1.807) is 42.7 Å². The van der Waals surface area contributed by atoms with Crippen LogP contribution in [0.15, 0.2) is 64.5 Å². The summed E-state index contributed by atoms with van der Waals surface area (Å²) in [5, 5.41) is 9.58. The van der Waals surface area contributed by atoms with Crippen molar-refractivity contribution < 1.29 is 18.8 Å². The van der Waals surface area contributed by atoms with Crippen LogP contribution in [-0.4, -0.2) is 41.1 Å². The molecular formula is C26H25ClN4O4S. The maximum absolute atomic E-state index is 13.3. The maximum atomic E-state index is 13.3. The van der Waals surface area contributed by atoms with Gasteiger partial charge in [0.05, 0.1) is 30.1 Å². The number of piperidine rings is 1. The van der Waals surface area contributed by atoms with Gasteiger partial charge in [0.25, 0.3) is 0 Å². The van der Waals surface area contributed by atoms with Crippen LogP contribution in [0.25, 0.3) is 10.7 Å². The molecule has 2 aromatic carbocycles. The van der Waals surface area contributed by atoms with E-state index >= 15 is 0 Å². The predicted molar refractivity (Wildman–Crippen MR) is 139 cm³/mol. The zero-order chi connectivity index (χ0) is 24.9. The molecule has 5 rings (SSSR count). The lowest BCUT2D eigenvalue weighted by Crippen LogP contribution is -2.40. The van der Waals surface area contributed by atoms with Crippen molar-refractivity contribution in [2.24, 2.45) is 5.92 Å². The maximum Gasteiger partial charge on any atom is 0.241 e. The topological polar surface area (TPSA) is 89.7 Å². The summed E-state index contributed by atoms with van der Waals surface area (Å²) in [7, 11) is 1.58. The minimum Gasteiger partial charge on any atom is -0.493 e. The van der Waals surface area contributed by atoms with Gasteiger partial charge in [-0.1, -0.05) is 35.0 Å². The van der Waals surface area contributed by atoms with Crippen molar-refractivity contribution >= 4 is 34.5 Å². The number of benzene rings is 2. The summed E-state index contributed by atoms with van der Waals surface area (Å²) in [6.45, 7) is 1.95. The molecule has 0 bridgehead atoms. The van der Waals surface area contributed by atoms with Crippen molar-refractivity contribution in [3.05, 3.63) is 70.9 Å². The van der Waals surface area contributed by atoms with Crippen LogP contribution in [0.2, 0.25) is 5.02 Å². The molecule has 0 radical (unpaired) electrons. The molecule has 186 valence electrons. The number of para-hydroxylation sites is 2. The molecule has 1 N–H and O–H groups in total. The smallest absolute Gasteiger partial charge is 0.241 e. The monoisotopic (exact) mass is 524 g/mol. The fourth-order valence-corrected chi connectivity index (χ4v) is 5.00. The number of thiophene rings is 1. The number of hydrogen-bond donors (Lipinski definition) is 1. The second-order valence-electron chi connectivity index (χ2n) is 8.45. The van der Waals surface area contributed by atoms with E-state index in [1.807, 2.05) is 35.7 Å². The first-order chi connectivity index (χ1) is 17.6. The van der Waals surface area contributed by atoms with Crippen LogP contribution < -0.4 is 14.8 Å². The standard InChI is InChI=1S/C26H25ClN4O4S/c1-33-21-7-2-3-8-22(21)34-20-11-10-18(27)14-19(20)28-26(32)17-6-4-12-31(15-17)16-24-29-25(30-35-24)23-9-5-13-36-23/h2-3,5,7-11,13-14,17H,4,6,12,15-16H2,1H3,(H,28,32). The third kappa shape index (κ3) is 5.70. The molecule has 1 atom stereocenters. The molecule has 0 saturated carbocycles. The highest BCUT2D eigenvalue weighted by Gasteiger charge is 2.28. The SMILES string of the molecule is COc1ccccc1Oc1ccc(Cl)cc1NC(=O)C1CCCN(Cc2nc(-c3cccs3)no2)C1. The average molecular weight is 525 g/mol. The molecule has 36 heavy (non-hydrogen) atoms. The molecule has 10 heteroatoms. The van der Waals surface area contributed by atoms with Crippen LogP contribution >= 0.6 is 22.9 Å². The van der Waals surface area contributed by atoms with Crippen molar-refractivity contribution in [2.75, 3.05) is 25.5 Å². The number of likely N-dealkylation sites (tertiary alicyclic amines) is 1. The molecule has 4 aromatic rings. The Bertz CT molecular complexity index is 1330. The van der Waals surface area contributed by atoms with Gasteiger partial charge in [-0.2, -0.15) is 4.98 Å². The molecule has 1 unspecified atom stereocenters. The molecule has 0 spiro atoms. The Kier molecular flexibility index (Phi) is 7.50. The number of aromatic nitrogens is 2. The number of carbonyl (C=O) groups is 1. The first-order valence-electron chi connectivity index (χ1n) is 11.6. The Labute approximate surface area is 217 Å². The first kappa shape index (κ1) is 24.3. The van der Waals surface area contributed by atoms with E-state index in [0.29, 0.717) is 52.8 Å². The second kappa shape index (κ2) is 11.1. The van der Waals surface area contributed by atoms with Crippen LogP contribution in [0.1, 0.15) is 18.7 Å². The minimum atomic E-state index is -0.198. The van der Waals surface area contributed by atoms with Crippen LogP contribution in [-0.2, 0) is 11.3 Å². The minimum absolute atomic E-state index is 0.0864. The number of hydrogen-bond acceptors (Lipinski definition) is 8. The summed E-state index contributed by atoms with van der Waals surface area (Å²) in [5.74, 6) is 2.47. The van der Waals surface area contributed by atoms with E-state index in [0.717, 1.165) is 24.3 Å². The quantitative estimate of drug-likeness (QED) is 0.297. The van der Waals surface area contributed by atoms with Gasteiger partial charge in [-0.15, -0.1) is 11.3 Å². The summed E-state index contributed by atoms with van der Waals surface area (Å²) in [4.78, 5) is 20.9. The molecule has 3 heterocycles.